The number of nitrogens with one attached hydrogen (secondary N) is 3. The molecular weight excluding hydrogens is 686 g/mol. The molecular formula is C36H29BrClN3O4S. The summed E-state index contributed by atoms with van der Waals surface area (Å²) in [6, 6.07) is 32.3. The van der Waals surface area contributed by atoms with E-state index in [2.05, 4.69) is 31.9 Å². The highest BCUT2D eigenvalue weighted by Gasteiger charge is 2.18. The van der Waals surface area contributed by atoms with E-state index in [4.69, 9.17) is 16.0 Å². The van der Waals surface area contributed by atoms with Crippen LogP contribution in [0.25, 0.3) is 17.4 Å². The van der Waals surface area contributed by atoms with Crippen LogP contribution in [0.1, 0.15) is 28.6 Å². The van der Waals surface area contributed by atoms with E-state index < -0.39 is 17.1 Å². The maximum Gasteiger partial charge on any atom is 0.272 e. The van der Waals surface area contributed by atoms with E-state index in [1.807, 2.05) is 62.4 Å². The fourth-order valence-electron chi connectivity index (χ4n) is 4.32. The third kappa shape index (κ3) is 8.78. The third-order valence-electron chi connectivity index (χ3n) is 6.82. The lowest BCUT2D eigenvalue weighted by Crippen LogP contribution is -2.30. The minimum absolute atomic E-state index is 0.00520. The van der Waals surface area contributed by atoms with Crippen molar-refractivity contribution in [1.82, 2.24) is 5.32 Å². The number of halogens is 2. The molecule has 0 radical (unpaired) electrons. The normalized spacial score (nSPS) is 11.9. The van der Waals surface area contributed by atoms with Gasteiger partial charge in [-0.1, -0.05) is 63.9 Å². The van der Waals surface area contributed by atoms with E-state index in [-0.39, 0.29) is 11.6 Å². The Morgan fingerprint density at radius 1 is 0.870 bits per heavy atom. The summed E-state index contributed by atoms with van der Waals surface area (Å²) in [6.07, 6.45) is 1.49. The maximum atomic E-state index is 13.5. The summed E-state index contributed by atoms with van der Waals surface area (Å²) in [5.41, 5.74) is 3.38. The Morgan fingerprint density at radius 3 is 2.30 bits per heavy atom. The standard InChI is InChI=1S/C36H29BrClN3O4S/c1-22-8-13-27(38)20-31(22)40-34(42)23(2)46-30-17-14-28(15-18-30)39-36(44)32(41-35(43)25-6-4-3-5-7-25)21-29-16-19-33(45-29)24-9-11-26(37)12-10-24/h3-21,23H,1-2H3,(H,39,44)(H,40,42)(H,41,43)/b32-21-. The molecule has 1 atom stereocenters. The number of aryl methyl sites for hydroxylation is 1. The first-order valence-electron chi connectivity index (χ1n) is 14.2. The summed E-state index contributed by atoms with van der Waals surface area (Å²) in [6.45, 7) is 3.72. The van der Waals surface area contributed by atoms with Crippen LogP contribution in [0, 0.1) is 6.92 Å². The summed E-state index contributed by atoms with van der Waals surface area (Å²) in [4.78, 5) is 40.1. The van der Waals surface area contributed by atoms with Crippen molar-refractivity contribution in [3.8, 4) is 11.3 Å². The Labute approximate surface area is 284 Å². The number of anilines is 2. The molecule has 0 aliphatic heterocycles. The molecule has 3 amide bonds. The van der Waals surface area contributed by atoms with E-state index in [0.717, 1.165) is 20.5 Å². The van der Waals surface area contributed by atoms with E-state index >= 15 is 0 Å². The second-order valence-corrected chi connectivity index (χ2v) is 13.0. The molecule has 232 valence electrons. The summed E-state index contributed by atoms with van der Waals surface area (Å²) in [5.74, 6) is -0.113. The summed E-state index contributed by atoms with van der Waals surface area (Å²) >= 11 is 10.9. The third-order valence-corrected chi connectivity index (χ3v) is 8.70. The van der Waals surface area contributed by atoms with Crippen LogP contribution in [0.5, 0.6) is 0 Å². The molecule has 0 saturated heterocycles. The smallest absolute Gasteiger partial charge is 0.272 e. The Hall–Kier alpha value is -4.57. The minimum Gasteiger partial charge on any atom is -0.457 e. The van der Waals surface area contributed by atoms with Gasteiger partial charge in [-0.15, -0.1) is 11.8 Å². The van der Waals surface area contributed by atoms with Gasteiger partial charge in [0.2, 0.25) is 5.91 Å². The van der Waals surface area contributed by atoms with Crippen molar-refractivity contribution in [2.24, 2.45) is 0 Å². The lowest BCUT2D eigenvalue weighted by molar-refractivity contribution is -0.115. The summed E-state index contributed by atoms with van der Waals surface area (Å²) in [7, 11) is 0. The number of amides is 3. The summed E-state index contributed by atoms with van der Waals surface area (Å²) < 4.78 is 6.93. The fraction of sp³-hybridized carbons (Fsp3) is 0.0833. The quantitative estimate of drug-likeness (QED) is 0.0990. The fourth-order valence-corrected chi connectivity index (χ4v) is 5.62. The summed E-state index contributed by atoms with van der Waals surface area (Å²) in [5, 5.41) is 8.65. The van der Waals surface area contributed by atoms with Gasteiger partial charge in [0.25, 0.3) is 11.8 Å². The largest absolute Gasteiger partial charge is 0.457 e. The van der Waals surface area contributed by atoms with E-state index in [0.29, 0.717) is 33.5 Å². The van der Waals surface area contributed by atoms with Crippen LogP contribution in [-0.4, -0.2) is 23.0 Å². The number of hydrogen-bond acceptors (Lipinski definition) is 5. The van der Waals surface area contributed by atoms with Crippen LogP contribution in [0.4, 0.5) is 11.4 Å². The van der Waals surface area contributed by atoms with Gasteiger partial charge in [0.05, 0.1) is 5.25 Å². The van der Waals surface area contributed by atoms with Gasteiger partial charge < -0.3 is 20.4 Å². The molecule has 4 aromatic carbocycles. The number of carbonyl (C=O) groups is 3. The molecule has 0 bridgehead atoms. The first-order valence-corrected chi connectivity index (χ1v) is 16.3. The zero-order chi connectivity index (χ0) is 32.6. The molecule has 0 aliphatic carbocycles. The van der Waals surface area contributed by atoms with Crippen molar-refractivity contribution in [3.63, 3.8) is 0 Å². The number of hydrogen-bond donors (Lipinski definition) is 3. The zero-order valence-electron chi connectivity index (χ0n) is 24.8. The zero-order valence-corrected chi connectivity index (χ0v) is 28.0. The van der Waals surface area contributed by atoms with Gasteiger partial charge in [-0.3, -0.25) is 14.4 Å². The van der Waals surface area contributed by atoms with Crippen LogP contribution < -0.4 is 16.0 Å². The first-order chi connectivity index (χ1) is 22.1. The van der Waals surface area contributed by atoms with Crippen molar-refractivity contribution in [2.45, 2.75) is 24.0 Å². The van der Waals surface area contributed by atoms with Crippen LogP contribution >= 0.6 is 39.3 Å². The van der Waals surface area contributed by atoms with E-state index in [1.54, 1.807) is 60.7 Å². The molecule has 5 rings (SSSR count). The highest BCUT2D eigenvalue weighted by molar-refractivity contribution is 9.10. The SMILES string of the molecule is Cc1ccc(Cl)cc1NC(=O)C(C)Sc1ccc(NC(=O)/C(=C/c2ccc(-c3ccc(Br)cc3)o2)NC(=O)c2ccccc2)cc1. The maximum absolute atomic E-state index is 13.5. The van der Waals surface area contributed by atoms with Crippen molar-refractivity contribution in [2.75, 3.05) is 10.6 Å². The molecule has 1 heterocycles. The van der Waals surface area contributed by atoms with Gasteiger partial charge in [0, 0.05) is 43.0 Å². The number of furan rings is 1. The van der Waals surface area contributed by atoms with Gasteiger partial charge in [-0.05, 0) is 92.2 Å². The molecule has 0 spiro atoms. The lowest BCUT2D eigenvalue weighted by atomic mass is 10.2. The van der Waals surface area contributed by atoms with Crippen LogP contribution in [0.2, 0.25) is 5.02 Å². The average molecular weight is 715 g/mol. The predicted octanol–water partition coefficient (Wildman–Crippen LogP) is 9.20. The Bertz CT molecular complexity index is 1890. The molecule has 5 aromatic rings. The van der Waals surface area contributed by atoms with Crippen LogP contribution in [-0.2, 0) is 9.59 Å². The van der Waals surface area contributed by atoms with E-state index in [1.165, 1.54) is 17.8 Å². The second-order valence-electron chi connectivity index (χ2n) is 10.3. The molecule has 1 unspecified atom stereocenters. The van der Waals surface area contributed by atoms with Crippen molar-refractivity contribution < 1.29 is 18.8 Å². The van der Waals surface area contributed by atoms with Gasteiger partial charge in [-0.25, -0.2) is 0 Å². The topological polar surface area (TPSA) is 100 Å². The van der Waals surface area contributed by atoms with Crippen molar-refractivity contribution in [1.29, 1.82) is 0 Å². The van der Waals surface area contributed by atoms with Crippen molar-refractivity contribution in [3.05, 3.63) is 141 Å². The molecule has 3 N–H and O–H groups in total. The average Bonchev–Trinajstić information content (AvgIpc) is 3.52. The predicted molar refractivity (Wildman–Crippen MR) is 189 cm³/mol. The molecule has 10 heteroatoms. The molecule has 0 aliphatic rings. The van der Waals surface area contributed by atoms with Crippen LogP contribution in [0.15, 0.2) is 129 Å². The molecule has 46 heavy (non-hydrogen) atoms. The van der Waals surface area contributed by atoms with Gasteiger partial charge in [0.15, 0.2) is 0 Å². The molecule has 7 nitrogen and oxygen atoms in total. The van der Waals surface area contributed by atoms with Gasteiger partial charge >= 0.3 is 0 Å². The second kappa shape index (κ2) is 15.1. The molecule has 0 saturated carbocycles. The Morgan fingerprint density at radius 2 is 1.59 bits per heavy atom. The Kier molecular flexibility index (Phi) is 10.8. The molecule has 1 aromatic heterocycles. The number of benzene rings is 4. The first kappa shape index (κ1) is 32.8. The highest BCUT2D eigenvalue weighted by Crippen LogP contribution is 2.28. The number of carbonyl (C=O) groups excluding carboxylic acids is 3. The van der Waals surface area contributed by atoms with Gasteiger partial charge in [-0.2, -0.15) is 0 Å². The van der Waals surface area contributed by atoms with Crippen molar-refractivity contribution >= 4 is 74.5 Å². The number of rotatable bonds is 10. The van der Waals surface area contributed by atoms with E-state index in [9.17, 15) is 14.4 Å². The van der Waals surface area contributed by atoms with Gasteiger partial charge in [0.1, 0.15) is 17.2 Å². The highest BCUT2D eigenvalue weighted by atomic mass is 79.9. The van der Waals surface area contributed by atoms with Crippen LogP contribution in [0.3, 0.4) is 0 Å². The Balaban J connectivity index is 1.28. The molecule has 0 fully saturated rings. The lowest BCUT2D eigenvalue weighted by Gasteiger charge is -2.14. The number of thioether (sulfide) groups is 1. The minimum atomic E-state index is -0.532. The monoisotopic (exact) mass is 713 g/mol.